The molecule has 1 rings (SSSR count). The van der Waals surface area contributed by atoms with E-state index in [9.17, 15) is 26.3 Å². The molecule has 140 valence electrons. The summed E-state index contributed by atoms with van der Waals surface area (Å²) < 4.78 is 78.0. The summed E-state index contributed by atoms with van der Waals surface area (Å²) in [5, 5.41) is 18.0. The van der Waals surface area contributed by atoms with Crippen molar-refractivity contribution in [3.63, 3.8) is 0 Å². The van der Waals surface area contributed by atoms with Gasteiger partial charge in [0.15, 0.2) is 0 Å². The molecule has 1 atom stereocenters. The van der Waals surface area contributed by atoms with Gasteiger partial charge in [0, 0.05) is 28.6 Å². The van der Waals surface area contributed by atoms with E-state index in [1.807, 2.05) is 0 Å². The van der Waals surface area contributed by atoms with Crippen molar-refractivity contribution in [1.29, 1.82) is 10.5 Å². The van der Waals surface area contributed by atoms with E-state index in [-0.39, 0.29) is 17.4 Å². The molecule has 11 heteroatoms. The summed E-state index contributed by atoms with van der Waals surface area (Å²) in [4.78, 5) is 0.619. The molecule has 0 bridgehead atoms. The van der Waals surface area contributed by atoms with Crippen LogP contribution in [-0.2, 0) is 12.4 Å². The first-order chi connectivity index (χ1) is 11.9. The molecule has 1 unspecified atom stereocenters. The summed E-state index contributed by atoms with van der Waals surface area (Å²) in [6.45, 7) is -0.0866. The second kappa shape index (κ2) is 8.78. The van der Waals surface area contributed by atoms with Crippen LogP contribution in [0.4, 0.5) is 32.0 Å². The number of rotatable bonds is 5. The van der Waals surface area contributed by atoms with Crippen LogP contribution in [0.5, 0.6) is 0 Å². The molecule has 0 saturated heterocycles. The average molecular weight is 505 g/mol. The van der Waals surface area contributed by atoms with Crippen molar-refractivity contribution in [2.45, 2.75) is 17.2 Å². The quantitative estimate of drug-likeness (QED) is 0.297. The number of hydrogen-bond donors (Lipinski definition) is 0. The summed E-state index contributed by atoms with van der Waals surface area (Å²) in [5.74, 6) is 0. The maximum absolute atomic E-state index is 13.0. The molecule has 0 radical (unpaired) electrons. The van der Waals surface area contributed by atoms with Gasteiger partial charge in [0.05, 0.1) is 11.1 Å². The van der Waals surface area contributed by atoms with Gasteiger partial charge >= 0.3 is 12.4 Å². The van der Waals surface area contributed by atoms with Crippen molar-refractivity contribution in [2.24, 2.45) is 0 Å². The molecule has 0 spiro atoms. The second-order valence-electron chi connectivity index (χ2n) is 4.93. The monoisotopic (exact) mass is 503 g/mol. The molecule has 0 fully saturated rings. The lowest BCUT2D eigenvalue weighted by molar-refractivity contribution is -0.143. The van der Waals surface area contributed by atoms with Crippen LogP contribution >= 0.6 is 31.9 Å². The van der Waals surface area contributed by atoms with Crippen LogP contribution in [-0.4, -0.2) is 16.7 Å². The van der Waals surface area contributed by atoms with Crippen molar-refractivity contribution in [1.82, 2.24) is 0 Å². The van der Waals surface area contributed by atoms with E-state index in [1.54, 1.807) is 0 Å². The number of alkyl halides is 8. The highest BCUT2D eigenvalue weighted by Gasteiger charge is 2.37. The first kappa shape index (κ1) is 22.3. The highest BCUT2D eigenvalue weighted by molar-refractivity contribution is 9.12. The third kappa shape index (κ3) is 6.22. The Bertz CT molecular complexity index is 710. The molecule has 1 aromatic carbocycles. The molecule has 0 saturated carbocycles. The minimum absolute atomic E-state index is 0.0109. The van der Waals surface area contributed by atoms with Gasteiger partial charge in [-0.15, -0.1) is 0 Å². The molecular weight excluding hydrogens is 496 g/mol. The lowest BCUT2D eigenvalue weighted by atomic mass is 10.1. The second-order valence-corrected chi connectivity index (χ2v) is 6.88. The number of benzene rings is 1. The fourth-order valence-electron chi connectivity index (χ4n) is 1.84. The van der Waals surface area contributed by atoms with Gasteiger partial charge in [0.1, 0.15) is 17.7 Å². The largest absolute Gasteiger partial charge is 0.416 e. The first-order valence-electron chi connectivity index (χ1n) is 6.70. The van der Waals surface area contributed by atoms with Crippen LogP contribution in [0.2, 0.25) is 0 Å². The van der Waals surface area contributed by atoms with E-state index >= 15 is 0 Å². The Labute approximate surface area is 161 Å². The van der Waals surface area contributed by atoms with Crippen molar-refractivity contribution in [3.05, 3.63) is 41.1 Å². The van der Waals surface area contributed by atoms with Gasteiger partial charge in [-0.2, -0.15) is 36.9 Å². The third-order valence-electron chi connectivity index (χ3n) is 2.99. The molecule has 1 aromatic rings. The van der Waals surface area contributed by atoms with Crippen LogP contribution in [0, 0.1) is 22.7 Å². The number of halogens is 8. The Morgan fingerprint density at radius 3 is 1.85 bits per heavy atom. The summed E-state index contributed by atoms with van der Waals surface area (Å²) in [7, 11) is 0. The molecule has 0 aliphatic carbocycles. The molecule has 0 aliphatic heterocycles. The highest BCUT2D eigenvalue weighted by atomic mass is 79.9. The zero-order valence-corrected chi connectivity index (χ0v) is 15.8. The summed E-state index contributed by atoms with van der Waals surface area (Å²) in [6.07, 6.45) is -9.09. The van der Waals surface area contributed by atoms with Crippen LogP contribution < -0.4 is 4.90 Å². The molecule has 0 amide bonds. The van der Waals surface area contributed by atoms with Gasteiger partial charge < -0.3 is 4.90 Å². The third-order valence-corrected chi connectivity index (χ3v) is 5.26. The van der Waals surface area contributed by atoms with E-state index in [1.165, 1.54) is 12.1 Å². The van der Waals surface area contributed by atoms with Crippen LogP contribution in [0.3, 0.4) is 0 Å². The standard InChI is InChI=1S/C15H9Br2F6N3/c16-4-12(17)8-26(7-9(5-24)6-25)13-2-10(14(18,19)20)1-11(3-13)15(21,22)23/h1-3,7,12H,4,8H2. The van der Waals surface area contributed by atoms with Gasteiger partial charge in [-0.1, -0.05) is 31.9 Å². The molecular formula is C15H9Br2F6N3. The summed E-state index contributed by atoms with van der Waals surface area (Å²) in [6, 6.07) is 4.12. The fraction of sp³-hybridized carbons (Fsp3) is 0.333. The van der Waals surface area contributed by atoms with E-state index in [0.717, 1.165) is 11.1 Å². The van der Waals surface area contributed by atoms with E-state index < -0.39 is 34.7 Å². The number of allylic oxidation sites excluding steroid dienone is 1. The minimum atomic E-state index is -5.00. The number of hydrogen-bond acceptors (Lipinski definition) is 3. The van der Waals surface area contributed by atoms with E-state index in [0.29, 0.717) is 17.5 Å². The normalized spacial score (nSPS) is 12.7. The van der Waals surface area contributed by atoms with E-state index in [4.69, 9.17) is 10.5 Å². The Kier molecular flexibility index (Phi) is 7.54. The van der Waals surface area contributed by atoms with Gasteiger partial charge in [-0.25, -0.2) is 0 Å². The topological polar surface area (TPSA) is 50.8 Å². The number of nitriles is 2. The SMILES string of the molecule is N#CC(C#N)=CN(CC(Br)CBr)c1cc(C(F)(F)F)cc(C(F)(F)F)c1. The molecule has 0 heterocycles. The van der Waals surface area contributed by atoms with Gasteiger partial charge in [-0.3, -0.25) is 0 Å². The lowest BCUT2D eigenvalue weighted by Gasteiger charge is -2.25. The Morgan fingerprint density at radius 2 is 1.50 bits per heavy atom. The Hall–Kier alpha value is -1.72. The molecule has 0 aliphatic rings. The summed E-state index contributed by atoms with van der Waals surface area (Å²) in [5.41, 5.74) is -3.88. The zero-order valence-electron chi connectivity index (χ0n) is 12.7. The van der Waals surface area contributed by atoms with Crippen LogP contribution in [0.15, 0.2) is 30.0 Å². The van der Waals surface area contributed by atoms with Crippen LogP contribution in [0.1, 0.15) is 11.1 Å². The van der Waals surface area contributed by atoms with Crippen LogP contribution in [0.25, 0.3) is 0 Å². The fourth-order valence-corrected chi connectivity index (χ4v) is 2.35. The zero-order chi connectivity index (χ0) is 20.1. The highest BCUT2D eigenvalue weighted by Crippen LogP contribution is 2.38. The minimum Gasteiger partial charge on any atom is -0.345 e. The van der Waals surface area contributed by atoms with Crippen molar-refractivity contribution in [2.75, 3.05) is 16.8 Å². The summed E-state index contributed by atoms with van der Waals surface area (Å²) >= 11 is 6.32. The van der Waals surface area contributed by atoms with Gasteiger partial charge in [0.25, 0.3) is 0 Å². The smallest absolute Gasteiger partial charge is 0.345 e. The maximum Gasteiger partial charge on any atom is 0.416 e. The predicted octanol–water partition coefficient (Wildman–Crippen LogP) is 5.62. The first-order valence-corrected chi connectivity index (χ1v) is 8.74. The van der Waals surface area contributed by atoms with E-state index in [2.05, 4.69) is 31.9 Å². The number of anilines is 1. The molecule has 26 heavy (non-hydrogen) atoms. The van der Waals surface area contributed by atoms with Gasteiger partial charge in [-0.05, 0) is 18.2 Å². The lowest BCUT2D eigenvalue weighted by Crippen LogP contribution is -2.27. The molecule has 0 aromatic heterocycles. The van der Waals surface area contributed by atoms with Gasteiger partial charge in [0.2, 0.25) is 0 Å². The Balaban J connectivity index is 3.61. The van der Waals surface area contributed by atoms with Crippen molar-refractivity contribution >= 4 is 37.5 Å². The average Bonchev–Trinajstić information content (AvgIpc) is 2.56. The maximum atomic E-state index is 13.0. The Morgan fingerprint density at radius 1 is 1.04 bits per heavy atom. The molecule has 0 N–H and O–H groups in total. The molecule has 3 nitrogen and oxygen atoms in total. The van der Waals surface area contributed by atoms with Crippen molar-refractivity contribution in [3.8, 4) is 12.1 Å². The van der Waals surface area contributed by atoms with Crippen molar-refractivity contribution < 1.29 is 26.3 Å². The number of nitrogens with zero attached hydrogens (tertiary/aromatic N) is 3. The predicted molar refractivity (Wildman–Crippen MR) is 89.6 cm³/mol.